The van der Waals surface area contributed by atoms with Crippen LogP contribution in [0.1, 0.15) is 12.5 Å². The maximum atomic E-state index is 12.0. The number of amides is 2. The fourth-order valence-corrected chi connectivity index (χ4v) is 3.02. The Morgan fingerprint density at radius 3 is 2.75 bits per heavy atom. The number of cyclic esters (lactones) is 1. The van der Waals surface area contributed by atoms with E-state index in [2.05, 4.69) is 5.32 Å². The molecule has 1 fully saturated rings. The van der Waals surface area contributed by atoms with E-state index < -0.39 is 6.09 Å². The highest BCUT2D eigenvalue weighted by Crippen LogP contribution is 2.29. The molecule has 1 aromatic rings. The highest BCUT2D eigenvalue weighted by atomic mass is 32.2. The van der Waals surface area contributed by atoms with Crippen molar-refractivity contribution in [3.63, 3.8) is 0 Å². The van der Waals surface area contributed by atoms with E-state index in [-0.39, 0.29) is 23.7 Å². The van der Waals surface area contributed by atoms with Crippen molar-refractivity contribution >= 4 is 40.4 Å². The summed E-state index contributed by atoms with van der Waals surface area (Å²) in [6, 6.07) is 7.12. The van der Waals surface area contributed by atoms with Crippen LogP contribution < -0.4 is 10.2 Å². The van der Waals surface area contributed by atoms with E-state index >= 15 is 0 Å². The van der Waals surface area contributed by atoms with Crippen LogP contribution in [0.4, 0.5) is 10.5 Å². The Morgan fingerprint density at radius 2 is 2.08 bits per heavy atom. The summed E-state index contributed by atoms with van der Waals surface area (Å²) in [5.74, 6) is -0.166. The van der Waals surface area contributed by atoms with Gasteiger partial charge in [0.05, 0.1) is 31.7 Å². The third-order valence-corrected chi connectivity index (χ3v) is 4.28. The Kier molecular flexibility index (Phi) is 4.86. The van der Waals surface area contributed by atoms with Crippen LogP contribution in [-0.4, -0.2) is 42.9 Å². The summed E-state index contributed by atoms with van der Waals surface area (Å²) >= 11 is 0.833. The van der Waals surface area contributed by atoms with Crippen molar-refractivity contribution in [2.45, 2.75) is 13.0 Å². The molecule has 1 aromatic carbocycles. The topological polar surface area (TPSA) is 84.9 Å². The third kappa shape index (κ3) is 3.60. The predicted molar refractivity (Wildman–Crippen MR) is 89.3 cm³/mol. The Morgan fingerprint density at radius 1 is 1.33 bits per heavy atom. The fourth-order valence-electron chi connectivity index (χ4n) is 2.49. The zero-order valence-corrected chi connectivity index (χ0v) is 13.8. The lowest BCUT2D eigenvalue weighted by Gasteiger charge is -2.15. The monoisotopic (exact) mass is 348 g/mol. The van der Waals surface area contributed by atoms with Crippen molar-refractivity contribution in [1.82, 2.24) is 5.32 Å². The first-order valence-corrected chi connectivity index (χ1v) is 8.16. The molecule has 0 saturated carbocycles. The average molecular weight is 348 g/mol. The number of benzene rings is 1. The predicted octanol–water partition coefficient (Wildman–Crippen LogP) is 1.74. The summed E-state index contributed by atoms with van der Waals surface area (Å²) < 4.78 is 10.2. The number of nitrogens with one attached hydrogen (secondary N) is 1. The molecule has 8 heteroatoms. The maximum Gasteiger partial charge on any atom is 0.414 e. The Labute approximate surface area is 143 Å². The molecule has 1 N–H and O–H groups in total. The molecule has 1 saturated heterocycles. The van der Waals surface area contributed by atoms with Crippen molar-refractivity contribution in [3.05, 3.63) is 35.9 Å². The largest absolute Gasteiger partial charge is 0.442 e. The van der Waals surface area contributed by atoms with Crippen LogP contribution in [-0.2, 0) is 18.5 Å². The van der Waals surface area contributed by atoms with Crippen molar-refractivity contribution in [1.29, 1.82) is 0 Å². The molecule has 0 unspecified atom stereocenters. The number of nitrogens with zero attached hydrogens (tertiary/aromatic N) is 1. The number of hydrogen-bond acceptors (Lipinski definition) is 6. The summed E-state index contributed by atoms with van der Waals surface area (Å²) in [6.45, 7) is 2.45. The second-order valence-corrected chi connectivity index (χ2v) is 6.15. The fraction of sp³-hybridized carbons (Fsp3) is 0.312. The number of ether oxygens (including phenoxy) is 1. The Bertz CT molecular complexity index is 701. The van der Waals surface area contributed by atoms with Gasteiger partial charge >= 0.3 is 6.09 Å². The van der Waals surface area contributed by atoms with E-state index in [4.69, 9.17) is 8.92 Å². The molecule has 126 valence electrons. The number of anilines is 1. The Hall–Kier alpha value is -2.32. The van der Waals surface area contributed by atoms with E-state index in [1.807, 2.05) is 0 Å². The van der Waals surface area contributed by atoms with Crippen LogP contribution >= 0.6 is 12.0 Å². The molecule has 0 aromatic heterocycles. The number of rotatable bonds is 4. The average Bonchev–Trinajstić information content (AvgIpc) is 2.94. The van der Waals surface area contributed by atoms with E-state index in [9.17, 15) is 14.4 Å². The molecule has 0 spiro atoms. The minimum absolute atomic E-state index is 0.134. The van der Waals surface area contributed by atoms with Crippen molar-refractivity contribution in [3.8, 4) is 0 Å². The van der Waals surface area contributed by atoms with Crippen LogP contribution in [0.5, 0.6) is 0 Å². The quantitative estimate of drug-likeness (QED) is 0.834. The molecule has 0 aliphatic carbocycles. The standard InChI is InChI=1S/C16H16N2O5S/c1-10(19)17-8-13-9-18(16(21)23-13)12-4-2-11(3-5-12)14-6-7-22-24-15(14)20/h2-6,13H,7-9H2,1H3,(H,17,19)/t13-/m0/s1. The minimum atomic E-state index is -0.449. The highest BCUT2D eigenvalue weighted by Gasteiger charge is 2.32. The van der Waals surface area contributed by atoms with Crippen LogP contribution in [0.3, 0.4) is 0 Å². The lowest BCUT2D eigenvalue weighted by molar-refractivity contribution is -0.119. The van der Waals surface area contributed by atoms with E-state index in [0.717, 1.165) is 17.6 Å². The van der Waals surface area contributed by atoms with E-state index in [1.165, 1.54) is 11.8 Å². The van der Waals surface area contributed by atoms with Crippen LogP contribution in [0.2, 0.25) is 0 Å². The molecule has 7 nitrogen and oxygen atoms in total. The number of hydrogen-bond donors (Lipinski definition) is 1. The minimum Gasteiger partial charge on any atom is -0.442 e. The van der Waals surface area contributed by atoms with Crippen LogP contribution in [0.15, 0.2) is 30.3 Å². The molecule has 2 heterocycles. The van der Waals surface area contributed by atoms with Crippen molar-refractivity contribution in [2.75, 3.05) is 24.6 Å². The van der Waals surface area contributed by atoms with Gasteiger partial charge in [0.2, 0.25) is 11.0 Å². The summed E-state index contributed by atoms with van der Waals surface area (Å²) in [5, 5.41) is 2.50. The van der Waals surface area contributed by atoms with Gasteiger partial charge in [0, 0.05) is 18.2 Å². The van der Waals surface area contributed by atoms with Gasteiger partial charge in [-0.15, -0.1) is 0 Å². The van der Waals surface area contributed by atoms with Gasteiger partial charge in [-0.25, -0.2) is 4.79 Å². The lowest BCUT2D eigenvalue weighted by Crippen LogP contribution is -2.33. The molecule has 2 amide bonds. The van der Waals surface area contributed by atoms with Gasteiger partial charge in [0.1, 0.15) is 6.10 Å². The van der Waals surface area contributed by atoms with E-state index in [1.54, 1.807) is 30.3 Å². The molecule has 3 rings (SSSR count). The maximum absolute atomic E-state index is 12.0. The molecule has 24 heavy (non-hydrogen) atoms. The first-order chi connectivity index (χ1) is 11.5. The third-order valence-electron chi connectivity index (χ3n) is 3.65. The summed E-state index contributed by atoms with van der Waals surface area (Å²) in [4.78, 5) is 36.2. The molecule has 1 atom stereocenters. The summed E-state index contributed by atoms with van der Waals surface area (Å²) in [6.07, 6.45) is 0.911. The lowest BCUT2D eigenvalue weighted by atomic mass is 10.1. The first-order valence-electron chi connectivity index (χ1n) is 7.41. The first kappa shape index (κ1) is 16.5. The molecule has 2 aliphatic heterocycles. The zero-order chi connectivity index (χ0) is 17.1. The van der Waals surface area contributed by atoms with Gasteiger partial charge in [-0.2, -0.15) is 0 Å². The van der Waals surface area contributed by atoms with Gasteiger partial charge in [0.15, 0.2) is 0 Å². The normalized spacial score (nSPS) is 20.6. The molecular formula is C16H16N2O5S. The van der Waals surface area contributed by atoms with Gasteiger partial charge in [-0.05, 0) is 23.8 Å². The van der Waals surface area contributed by atoms with Gasteiger partial charge < -0.3 is 14.2 Å². The molecule has 0 radical (unpaired) electrons. The smallest absolute Gasteiger partial charge is 0.414 e. The van der Waals surface area contributed by atoms with Gasteiger partial charge in [0.25, 0.3) is 0 Å². The van der Waals surface area contributed by atoms with Crippen molar-refractivity contribution in [2.24, 2.45) is 0 Å². The van der Waals surface area contributed by atoms with Crippen LogP contribution in [0, 0.1) is 0 Å². The molecule has 2 aliphatic rings. The number of carbonyl (C=O) groups excluding carboxylic acids is 3. The SMILES string of the molecule is CC(=O)NC[C@H]1CN(c2ccc(C3=CCOSC3=O)cc2)C(=O)O1. The van der Waals surface area contributed by atoms with Gasteiger partial charge in [-0.3, -0.25) is 14.5 Å². The van der Waals surface area contributed by atoms with Crippen LogP contribution in [0.25, 0.3) is 5.57 Å². The van der Waals surface area contributed by atoms with E-state index in [0.29, 0.717) is 24.4 Å². The summed E-state index contributed by atoms with van der Waals surface area (Å²) in [5.41, 5.74) is 2.06. The number of carbonyl (C=O) groups is 3. The molecular weight excluding hydrogens is 332 g/mol. The molecule has 0 bridgehead atoms. The zero-order valence-electron chi connectivity index (χ0n) is 13.0. The Balaban J connectivity index is 1.69. The second-order valence-electron chi connectivity index (χ2n) is 5.37. The summed E-state index contributed by atoms with van der Waals surface area (Å²) in [7, 11) is 0. The highest BCUT2D eigenvalue weighted by molar-refractivity contribution is 8.10. The van der Waals surface area contributed by atoms with Crippen molar-refractivity contribution < 1.29 is 23.3 Å². The van der Waals surface area contributed by atoms with Gasteiger partial charge in [-0.1, -0.05) is 12.1 Å². The second kappa shape index (κ2) is 7.06.